The molecule has 5 nitrogen and oxygen atoms in total. The van der Waals surface area contributed by atoms with Crippen molar-refractivity contribution in [3.8, 4) is 11.3 Å². The summed E-state index contributed by atoms with van der Waals surface area (Å²) in [7, 11) is 0. The van der Waals surface area contributed by atoms with Crippen LogP contribution >= 0.6 is 0 Å². The van der Waals surface area contributed by atoms with Crippen molar-refractivity contribution in [2.45, 2.75) is 25.8 Å². The number of hydrogen-bond donors (Lipinski definition) is 2. The Hall–Kier alpha value is -2.95. The molecule has 2 N–H and O–H groups in total. The molecule has 1 aromatic carbocycles. The van der Waals surface area contributed by atoms with Crippen LogP contribution in [-0.4, -0.2) is 21.0 Å². The van der Waals surface area contributed by atoms with Crippen molar-refractivity contribution < 1.29 is 0 Å². The largest absolute Gasteiger partial charge is 0.351 e. The normalized spacial score (nSPS) is 13.5. The number of rotatable bonds is 5. The summed E-state index contributed by atoms with van der Waals surface area (Å²) >= 11 is 0. The van der Waals surface area contributed by atoms with Gasteiger partial charge in [0.25, 0.3) is 0 Å². The number of aromatic nitrogens is 3. The second-order valence-corrected chi connectivity index (χ2v) is 6.06. The summed E-state index contributed by atoms with van der Waals surface area (Å²) < 4.78 is 0. The van der Waals surface area contributed by atoms with Gasteiger partial charge in [0, 0.05) is 35.8 Å². The fourth-order valence-corrected chi connectivity index (χ4v) is 2.50. The van der Waals surface area contributed by atoms with Crippen LogP contribution in [0, 0.1) is 6.92 Å². The summed E-state index contributed by atoms with van der Waals surface area (Å²) in [5, 5.41) is 6.79. The Bertz CT molecular complexity index is 843. The fourth-order valence-electron chi connectivity index (χ4n) is 2.50. The van der Waals surface area contributed by atoms with Crippen molar-refractivity contribution in [1.82, 2.24) is 15.0 Å². The molecule has 5 heteroatoms. The highest BCUT2D eigenvalue weighted by atomic mass is 15.2. The maximum absolute atomic E-state index is 4.65. The van der Waals surface area contributed by atoms with Gasteiger partial charge in [0.1, 0.15) is 5.82 Å². The Morgan fingerprint density at radius 3 is 2.67 bits per heavy atom. The monoisotopic (exact) mass is 317 g/mol. The van der Waals surface area contributed by atoms with Gasteiger partial charge in [-0.3, -0.25) is 4.98 Å². The summed E-state index contributed by atoms with van der Waals surface area (Å²) in [5.74, 6) is 1.44. The van der Waals surface area contributed by atoms with Gasteiger partial charge in [-0.05, 0) is 43.5 Å². The minimum Gasteiger partial charge on any atom is -0.351 e. The molecule has 1 saturated carbocycles. The number of pyridine rings is 1. The molecule has 0 spiro atoms. The van der Waals surface area contributed by atoms with Crippen LogP contribution in [0.15, 0.2) is 54.9 Å². The van der Waals surface area contributed by atoms with Crippen LogP contribution in [0.1, 0.15) is 18.4 Å². The first kappa shape index (κ1) is 14.6. The highest BCUT2D eigenvalue weighted by Gasteiger charge is 2.22. The van der Waals surface area contributed by atoms with Crippen molar-refractivity contribution >= 4 is 17.5 Å². The predicted octanol–water partition coefficient (Wildman–Crippen LogP) is 4.16. The molecule has 0 atom stereocenters. The van der Waals surface area contributed by atoms with E-state index in [2.05, 4.69) is 44.6 Å². The number of benzene rings is 1. The van der Waals surface area contributed by atoms with Crippen molar-refractivity contribution in [1.29, 1.82) is 0 Å². The zero-order valence-electron chi connectivity index (χ0n) is 13.5. The second kappa shape index (κ2) is 6.28. The highest BCUT2D eigenvalue weighted by Crippen LogP contribution is 2.27. The second-order valence-electron chi connectivity index (χ2n) is 6.06. The van der Waals surface area contributed by atoms with E-state index in [0.717, 1.165) is 22.8 Å². The molecule has 1 fully saturated rings. The molecule has 0 saturated heterocycles. The van der Waals surface area contributed by atoms with E-state index in [0.29, 0.717) is 12.0 Å². The molecule has 120 valence electrons. The number of nitrogens with zero attached hydrogens (tertiary/aromatic N) is 3. The Morgan fingerprint density at radius 1 is 1.04 bits per heavy atom. The SMILES string of the molecule is Cc1ccccc1Nc1cc(-c2cccnc2)nc(NC2CC2)n1. The van der Waals surface area contributed by atoms with Crippen molar-refractivity contribution in [3.63, 3.8) is 0 Å². The summed E-state index contributed by atoms with van der Waals surface area (Å²) in [6.07, 6.45) is 5.95. The summed E-state index contributed by atoms with van der Waals surface area (Å²) in [6, 6.07) is 14.6. The molecule has 2 heterocycles. The van der Waals surface area contributed by atoms with Crippen LogP contribution in [-0.2, 0) is 0 Å². The quantitative estimate of drug-likeness (QED) is 0.739. The van der Waals surface area contributed by atoms with Gasteiger partial charge in [-0.1, -0.05) is 18.2 Å². The molecule has 1 aliphatic rings. The lowest BCUT2D eigenvalue weighted by Crippen LogP contribution is -2.08. The van der Waals surface area contributed by atoms with E-state index in [9.17, 15) is 0 Å². The molecule has 2 aromatic heterocycles. The number of para-hydroxylation sites is 1. The van der Waals surface area contributed by atoms with Crippen LogP contribution in [0.3, 0.4) is 0 Å². The Labute approximate surface area is 141 Å². The van der Waals surface area contributed by atoms with E-state index >= 15 is 0 Å². The van der Waals surface area contributed by atoms with E-state index in [-0.39, 0.29) is 0 Å². The average Bonchev–Trinajstić information content (AvgIpc) is 3.42. The van der Waals surface area contributed by atoms with Gasteiger partial charge in [-0.2, -0.15) is 4.98 Å². The molecule has 0 aliphatic heterocycles. The third-order valence-electron chi connectivity index (χ3n) is 4.00. The third kappa shape index (κ3) is 3.35. The van der Waals surface area contributed by atoms with Crippen molar-refractivity contribution in [2.24, 2.45) is 0 Å². The van der Waals surface area contributed by atoms with Gasteiger partial charge in [0.15, 0.2) is 0 Å². The number of aryl methyl sites for hydroxylation is 1. The zero-order chi connectivity index (χ0) is 16.4. The Kier molecular flexibility index (Phi) is 3.83. The van der Waals surface area contributed by atoms with Crippen molar-refractivity contribution in [3.05, 3.63) is 60.4 Å². The Morgan fingerprint density at radius 2 is 1.92 bits per heavy atom. The standard InChI is InChI=1S/C19H19N5/c1-13-5-2-3-7-16(13)22-18-11-17(14-6-4-10-20-12-14)23-19(24-18)21-15-8-9-15/h2-7,10-12,15H,8-9H2,1H3,(H2,21,22,23,24). The molecular formula is C19H19N5. The minimum atomic E-state index is 0.500. The summed E-state index contributed by atoms with van der Waals surface area (Å²) in [5.41, 5.74) is 4.06. The van der Waals surface area contributed by atoms with E-state index in [1.165, 1.54) is 18.4 Å². The van der Waals surface area contributed by atoms with Crippen LogP contribution in [0.25, 0.3) is 11.3 Å². The lowest BCUT2D eigenvalue weighted by Gasteiger charge is -2.12. The molecule has 3 aromatic rings. The number of hydrogen-bond acceptors (Lipinski definition) is 5. The van der Waals surface area contributed by atoms with Gasteiger partial charge < -0.3 is 10.6 Å². The van der Waals surface area contributed by atoms with E-state index in [4.69, 9.17) is 0 Å². The topological polar surface area (TPSA) is 62.7 Å². The van der Waals surface area contributed by atoms with Gasteiger partial charge in [0.05, 0.1) is 5.69 Å². The Balaban J connectivity index is 1.71. The molecule has 1 aliphatic carbocycles. The maximum atomic E-state index is 4.65. The first-order chi connectivity index (χ1) is 11.8. The van der Waals surface area contributed by atoms with Gasteiger partial charge in [-0.15, -0.1) is 0 Å². The number of nitrogens with one attached hydrogen (secondary N) is 2. The predicted molar refractivity (Wildman–Crippen MR) is 96.4 cm³/mol. The first-order valence-electron chi connectivity index (χ1n) is 8.16. The van der Waals surface area contributed by atoms with Crippen LogP contribution in [0.5, 0.6) is 0 Å². The van der Waals surface area contributed by atoms with Crippen molar-refractivity contribution in [2.75, 3.05) is 10.6 Å². The van der Waals surface area contributed by atoms with Crippen LogP contribution in [0.4, 0.5) is 17.5 Å². The number of anilines is 3. The minimum absolute atomic E-state index is 0.500. The molecular weight excluding hydrogens is 298 g/mol. The zero-order valence-corrected chi connectivity index (χ0v) is 13.5. The van der Waals surface area contributed by atoms with Gasteiger partial charge in [0.2, 0.25) is 5.95 Å². The molecule has 4 rings (SSSR count). The molecule has 0 bridgehead atoms. The van der Waals surface area contributed by atoms with Gasteiger partial charge >= 0.3 is 0 Å². The van der Waals surface area contributed by atoms with E-state index in [1.807, 2.05) is 36.5 Å². The third-order valence-corrected chi connectivity index (χ3v) is 4.00. The lowest BCUT2D eigenvalue weighted by molar-refractivity contribution is 1.06. The first-order valence-corrected chi connectivity index (χ1v) is 8.16. The summed E-state index contributed by atoms with van der Waals surface area (Å²) in [4.78, 5) is 13.5. The highest BCUT2D eigenvalue weighted by molar-refractivity contribution is 5.68. The molecule has 0 radical (unpaired) electrons. The molecule has 0 unspecified atom stereocenters. The van der Waals surface area contributed by atoms with E-state index in [1.54, 1.807) is 6.20 Å². The van der Waals surface area contributed by atoms with Crippen LogP contribution in [0.2, 0.25) is 0 Å². The maximum Gasteiger partial charge on any atom is 0.225 e. The lowest BCUT2D eigenvalue weighted by atomic mass is 10.2. The summed E-state index contributed by atoms with van der Waals surface area (Å²) in [6.45, 7) is 2.08. The smallest absolute Gasteiger partial charge is 0.225 e. The van der Waals surface area contributed by atoms with E-state index < -0.39 is 0 Å². The van der Waals surface area contributed by atoms with Crippen LogP contribution < -0.4 is 10.6 Å². The molecule has 0 amide bonds. The fraction of sp³-hybridized carbons (Fsp3) is 0.211. The average molecular weight is 317 g/mol. The van der Waals surface area contributed by atoms with Gasteiger partial charge in [-0.25, -0.2) is 4.98 Å². The molecule has 24 heavy (non-hydrogen) atoms.